The van der Waals surface area contributed by atoms with Crippen LogP contribution in [0, 0.1) is 0 Å². The predicted octanol–water partition coefficient (Wildman–Crippen LogP) is 3.04. The molecule has 0 spiro atoms. The SMILES string of the molecule is CN(C)C(=O)COC(=O)c1ccc2c(c1)C(=O)N(c1ccc(Cl)c(Cl)c1)C2=O. The Hall–Kier alpha value is -2.90. The van der Waals surface area contributed by atoms with Gasteiger partial charge in [-0.3, -0.25) is 14.4 Å². The average Bonchev–Trinajstić information content (AvgIpc) is 2.92. The average molecular weight is 421 g/mol. The van der Waals surface area contributed by atoms with Gasteiger partial charge in [0.05, 0.1) is 32.4 Å². The maximum Gasteiger partial charge on any atom is 0.338 e. The highest BCUT2D eigenvalue weighted by Crippen LogP contribution is 2.33. The molecule has 144 valence electrons. The van der Waals surface area contributed by atoms with E-state index in [1.54, 1.807) is 0 Å². The summed E-state index contributed by atoms with van der Waals surface area (Å²) in [4.78, 5) is 51.3. The van der Waals surface area contributed by atoms with Crippen molar-refractivity contribution in [2.75, 3.05) is 25.6 Å². The summed E-state index contributed by atoms with van der Waals surface area (Å²) in [7, 11) is 3.07. The number of carbonyl (C=O) groups is 4. The fraction of sp³-hybridized carbons (Fsp3) is 0.158. The molecule has 0 atom stereocenters. The number of halogens is 2. The van der Waals surface area contributed by atoms with Gasteiger partial charge in [0, 0.05) is 14.1 Å². The molecule has 7 nitrogen and oxygen atoms in total. The summed E-state index contributed by atoms with van der Waals surface area (Å²) in [6.45, 7) is -0.425. The molecule has 1 aliphatic rings. The molecule has 1 aliphatic heterocycles. The second-order valence-corrected chi connectivity index (χ2v) is 6.98. The number of hydrogen-bond acceptors (Lipinski definition) is 5. The largest absolute Gasteiger partial charge is 0.452 e. The van der Waals surface area contributed by atoms with Crippen molar-refractivity contribution in [3.63, 3.8) is 0 Å². The number of nitrogens with zero attached hydrogens (tertiary/aromatic N) is 2. The highest BCUT2D eigenvalue weighted by atomic mass is 35.5. The second-order valence-electron chi connectivity index (χ2n) is 6.17. The Morgan fingerprint density at radius 1 is 0.964 bits per heavy atom. The minimum Gasteiger partial charge on any atom is -0.452 e. The fourth-order valence-corrected chi connectivity index (χ4v) is 2.86. The summed E-state index contributed by atoms with van der Waals surface area (Å²) in [6.07, 6.45) is 0. The molecule has 3 rings (SSSR count). The van der Waals surface area contributed by atoms with Gasteiger partial charge >= 0.3 is 5.97 Å². The van der Waals surface area contributed by atoms with Gasteiger partial charge in [-0.25, -0.2) is 9.69 Å². The first-order valence-electron chi connectivity index (χ1n) is 8.06. The molecule has 0 saturated carbocycles. The third-order valence-electron chi connectivity index (χ3n) is 4.11. The first-order chi connectivity index (χ1) is 13.2. The fourth-order valence-electron chi connectivity index (χ4n) is 2.57. The third kappa shape index (κ3) is 3.58. The second kappa shape index (κ2) is 7.61. The summed E-state index contributed by atoms with van der Waals surface area (Å²) < 4.78 is 4.94. The number of imide groups is 1. The molecular formula is C19H14Cl2N2O5. The van der Waals surface area contributed by atoms with E-state index in [4.69, 9.17) is 27.9 Å². The molecule has 2 aromatic carbocycles. The number of hydrogen-bond donors (Lipinski definition) is 0. The van der Waals surface area contributed by atoms with Gasteiger partial charge in [0.25, 0.3) is 17.7 Å². The van der Waals surface area contributed by atoms with Gasteiger partial charge < -0.3 is 9.64 Å². The number of anilines is 1. The number of fused-ring (bicyclic) bond motifs is 1. The van der Waals surface area contributed by atoms with E-state index < -0.39 is 24.4 Å². The van der Waals surface area contributed by atoms with E-state index in [2.05, 4.69) is 0 Å². The Balaban J connectivity index is 1.86. The summed E-state index contributed by atoms with van der Waals surface area (Å²) in [5.74, 6) is -2.30. The van der Waals surface area contributed by atoms with Crippen LogP contribution in [0.5, 0.6) is 0 Å². The monoisotopic (exact) mass is 420 g/mol. The molecule has 3 amide bonds. The number of benzene rings is 2. The van der Waals surface area contributed by atoms with Gasteiger partial charge in [-0.15, -0.1) is 0 Å². The van der Waals surface area contributed by atoms with Crippen molar-refractivity contribution in [3.05, 3.63) is 63.1 Å². The first-order valence-corrected chi connectivity index (χ1v) is 8.81. The first kappa shape index (κ1) is 19.9. The summed E-state index contributed by atoms with van der Waals surface area (Å²) in [5.41, 5.74) is 0.533. The predicted molar refractivity (Wildman–Crippen MR) is 103 cm³/mol. The quantitative estimate of drug-likeness (QED) is 0.560. The van der Waals surface area contributed by atoms with Crippen LogP contribution in [0.2, 0.25) is 10.0 Å². The van der Waals surface area contributed by atoms with Crippen molar-refractivity contribution in [1.82, 2.24) is 4.90 Å². The topological polar surface area (TPSA) is 84.0 Å². The van der Waals surface area contributed by atoms with E-state index in [-0.39, 0.29) is 33.3 Å². The maximum atomic E-state index is 12.8. The number of esters is 1. The number of amides is 3. The van der Waals surface area contributed by atoms with Gasteiger partial charge in [-0.05, 0) is 36.4 Å². The third-order valence-corrected chi connectivity index (χ3v) is 4.85. The lowest BCUT2D eigenvalue weighted by atomic mass is 10.1. The van der Waals surface area contributed by atoms with E-state index in [0.717, 1.165) is 4.90 Å². The Morgan fingerprint density at radius 2 is 1.64 bits per heavy atom. The molecule has 0 aliphatic carbocycles. The van der Waals surface area contributed by atoms with Crippen molar-refractivity contribution in [1.29, 1.82) is 0 Å². The van der Waals surface area contributed by atoms with Crippen molar-refractivity contribution in [2.24, 2.45) is 0 Å². The molecule has 1 heterocycles. The molecule has 0 radical (unpaired) electrons. The lowest BCUT2D eigenvalue weighted by Gasteiger charge is -2.14. The van der Waals surface area contributed by atoms with Crippen molar-refractivity contribution in [2.45, 2.75) is 0 Å². The zero-order valence-electron chi connectivity index (χ0n) is 14.9. The maximum absolute atomic E-state index is 12.8. The van der Waals surface area contributed by atoms with Gasteiger partial charge in [0.2, 0.25) is 0 Å². The Bertz CT molecular complexity index is 1020. The minimum atomic E-state index is -0.772. The van der Waals surface area contributed by atoms with Crippen LogP contribution in [-0.2, 0) is 9.53 Å². The highest BCUT2D eigenvalue weighted by molar-refractivity contribution is 6.42. The molecule has 2 aromatic rings. The molecule has 0 unspecified atom stereocenters. The zero-order chi connectivity index (χ0) is 20.6. The lowest BCUT2D eigenvalue weighted by molar-refractivity contribution is -0.131. The molecule has 28 heavy (non-hydrogen) atoms. The molecule has 0 saturated heterocycles. The lowest BCUT2D eigenvalue weighted by Crippen LogP contribution is -2.29. The molecule has 0 N–H and O–H groups in total. The number of likely N-dealkylation sites (N-methyl/N-ethyl adjacent to an activating group) is 1. The van der Waals surface area contributed by atoms with Crippen LogP contribution in [0.3, 0.4) is 0 Å². The molecule has 0 fully saturated rings. The van der Waals surface area contributed by atoms with Crippen LogP contribution in [0.1, 0.15) is 31.1 Å². The van der Waals surface area contributed by atoms with Crippen molar-refractivity contribution in [3.8, 4) is 0 Å². The van der Waals surface area contributed by atoms with Crippen molar-refractivity contribution >= 4 is 52.6 Å². The van der Waals surface area contributed by atoms with Gasteiger partial charge in [-0.1, -0.05) is 23.2 Å². The standard InChI is InChI=1S/C19H14Cl2N2O5/c1-22(2)16(24)9-28-19(27)10-3-5-12-13(7-10)18(26)23(17(12)25)11-4-6-14(20)15(21)8-11/h3-8H,9H2,1-2H3. The summed E-state index contributed by atoms with van der Waals surface area (Å²) in [5, 5.41) is 0.491. The molecule has 9 heteroatoms. The Labute approximate surface area is 170 Å². The Kier molecular flexibility index (Phi) is 5.40. The minimum absolute atomic E-state index is 0.0578. The summed E-state index contributed by atoms with van der Waals surface area (Å²) in [6, 6.07) is 8.40. The number of rotatable bonds is 4. The zero-order valence-corrected chi connectivity index (χ0v) is 16.4. The van der Waals surface area contributed by atoms with E-state index >= 15 is 0 Å². The normalized spacial score (nSPS) is 12.8. The smallest absolute Gasteiger partial charge is 0.338 e. The van der Waals surface area contributed by atoms with E-state index in [1.165, 1.54) is 55.4 Å². The van der Waals surface area contributed by atoms with E-state index in [9.17, 15) is 19.2 Å². The number of ether oxygens (including phenoxy) is 1. The van der Waals surface area contributed by atoms with Gasteiger partial charge in [0.15, 0.2) is 6.61 Å². The molecule has 0 aromatic heterocycles. The van der Waals surface area contributed by atoms with Crippen LogP contribution in [0.25, 0.3) is 0 Å². The van der Waals surface area contributed by atoms with Crippen LogP contribution in [-0.4, -0.2) is 49.3 Å². The van der Waals surface area contributed by atoms with Crippen LogP contribution < -0.4 is 4.90 Å². The number of carbonyl (C=O) groups excluding carboxylic acids is 4. The van der Waals surface area contributed by atoms with Crippen molar-refractivity contribution < 1.29 is 23.9 Å². The van der Waals surface area contributed by atoms with Gasteiger partial charge in [0.1, 0.15) is 0 Å². The summed E-state index contributed by atoms with van der Waals surface area (Å²) >= 11 is 11.9. The van der Waals surface area contributed by atoms with E-state index in [1.807, 2.05) is 0 Å². The van der Waals surface area contributed by atoms with E-state index in [0.29, 0.717) is 5.02 Å². The van der Waals surface area contributed by atoms with Crippen LogP contribution in [0.4, 0.5) is 5.69 Å². The van der Waals surface area contributed by atoms with Crippen LogP contribution >= 0.6 is 23.2 Å². The Morgan fingerprint density at radius 3 is 2.29 bits per heavy atom. The molecule has 0 bridgehead atoms. The molecular weight excluding hydrogens is 407 g/mol. The van der Waals surface area contributed by atoms with Gasteiger partial charge in [-0.2, -0.15) is 0 Å². The highest BCUT2D eigenvalue weighted by Gasteiger charge is 2.37. The van der Waals surface area contributed by atoms with Crippen LogP contribution in [0.15, 0.2) is 36.4 Å².